The summed E-state index contributed by atoms with van der Waals surface area (Å²) in [7, 11) is 0.442. The molecular formula is C28H20FOP. The topological polar surface area (TPSA) is 20.2 Å². The number of fused-ring (bicyclic) bond motifs is 1. The third-order valence-electron chi connectivity index (χ3n) is 5.44. The fourth-order valence-corrected chi connectivity index (χ4v) is 5.10. The molecule has 5 rings (SSSR count). The average molecular weight is 422 g/mol. The van der Waals surface area contributed by atoms with Gasteiger partial charge in [0, 0.05) is 11.1 Å². The number of aromatic hydroxyl groups is 1. The molecule has 0 saturated carbocycles. The molecule has 1 unspecified atom stereocenters. The van der Waals surface area contributed by atoms with Gasteiger partial charge in [-0.2, -0.15) is 0 Å². The van der Waals surface area contributed by atoms with E-state index in [0.717, 1.165) is 33.0 Å². The van der Waals surface area contributed by atoms with E-state index in [-0.39, 0.29) is 11.6 Å². The molecule has 150 valence electrons. The molecule has 3 heteroatoms. The van der Waals surface area contributed by atoms with Crippen LogP contribution in [-0.4, -0.2) is 5.11 Å². The lowest BCUT2D eigenvalue weighted by molar-refractivity contribution is 0.477. The van der Waals surface area contributed by atoms with Crippen LogP contribution in [0.5, 0.6) is 5.75 Å². The Balaban J connectivity index is 1.56. The Morgan fingerprint density at radius 1 is 0.613 bits per heavy atom. The Bertz CT molecular complexity index is 1360. The van der Waals surface area contributed by atoms with Crippen molar-refractivity contribution >= 4 is 30.0 Å². The van der Waals surface area contributed by atoms with E-state index in [2.05, 4.69) is 48.5 Å². The van der Waals surface area contributed by atoms with Crippen molar-refractivity contribution < 1.29 is 9.50 Å². The molecular weight excluding hydrogens is 402 g/mol. The lowest BCUT2D eigenvalue weighted by Crippen LogP contribution is -2.07. The predicted molar refractivity (Wildman–Crippen MR) is 130 cm³/mol. The van der Waals surface area contributed by atoms with E-state index in [1.54, 1.807) is 18.2 Å². The molecule has 0 radical (unpaired) electrons. The smallest absolute Gasteiger partial charge is 0.123 e. The Labute approximate surface area is 182 Å². The second-order valence-corrected chi connectivity index (χ2v) is 8.80. The van der Waals surface area contributed by atoms with Crippen molar-refractivity contribution in [2.75, 3.05) is 0 Å². The Morgan fingerprint density at radius 2 is 1.26 bits per heavy atom. The van der Waals surface area contributed by atoms with Gasteiger partial charge in [0.05, 0.1) is 0 Å². The number of hydrogen-bond acceptors (Lipinski definition) is 1. The van der Waals surface area contributed by atoms with Crippen molar-refractivity contribution in [2.24, 2.45) is 0 Å². The van der Waals surface area contributed by atoms with Gasteiger partial charge in [-0.25, -0.2) is 4.39 Å². The molecule has 0 aromatic heterocycles. The summed E-state index contributed by atoms with van der Waals surface area (Å²) in [5.74, 6) is 0.0615. The van der Waals surface area contributed by atoms with Crippen LogP contribution in [-0.2, 0) is 0 Å². The van der Waals surface area contributed by atoms with Gasteiger partial charge in [0.15, 0.2) is 0 Å². The molecule has 5 aromatic carbocycles. The summed E-state index contributed by atoms with van der Waals surface area (Å²) in [5.41, 5.74) is 3.99. The molecule has 0 aliphatic heterocycles. The van der Waals surface area contributed by atoms with Gasteiger partial charge in [-0.05, 0) is 50.7 Å². The molecule has 0 fully saturated rings. The van der Waals surface area contributed by atoms with Crippen LogP contribution in [0.3, 0.4) is 0 Å². The SMILES string of the molecule is Oc1ccccc1-c1c(Pc2ccc(-c3ccc(F)cc3)cc2)ccc2ccccc12. The standard InChI is InChI=1S/C28H20FOP/c29-22-14-9-19(10-15-22)20-11-16-23(17-12-20)31-27-18-13-21-5-1-2-6-24(21)28(27)25-7-3-4-8-26(25)30/h1-18,30-31H. The Hall–Kier alpha value is -3.48. The fourth-order valence-electron chi connectivity index (χ4n) is 3.89. The maximum Gasteiger partial charge on any atom is 0.123 e. The van der Waals surface area contributed by atoms with Crippen molar-refractivity contribution in [1.29, 1.82) is 0 Å². The highest BCUT2D eigenvalue weighted by atomic mass is 31.1. The summed E-state index contributed by atoms with van der Waals surface area (Å²) in [6, 6.07) is 35.1. The van der Waals surface area contributed by atoms with Crippen molar-refractivity contribution in [3.8, 4) is 28.0 Å². The van der Waals surface area contributed by atoms with Crippen LogP contribution >= 0.6 is 8.58 Å². The number of halogens is 1. The lowest BCUT2D eigenvalue weighted by atomic mass is 9.97. The first-order valence-corrected chi connectivity index (χ1v) is 11.1. The van der Waals surface area contributed by atoms with E-state index >= 15 is 0 Å². The van der Waals surface area contributed by atoms with Crippen LogP contribution in [0, 0.1) is 5.82 Å². The van der Waals surface area contributed by atoms with Crippen LogP contribution in [0.4, 0.5) is 4.39 Å². The summed E-state index contributed by atoms with van der Waals surface area (Å²) in [6.07, 6.45) is 0. The number of para-hydroxylation sites is 1. The third kappa shape index (κ3) is 3.95. The summed E-state index contributed by atoms with van der Waals surface area (Å²) in [5, 5.41) is 15.3. The number of hydrogen-bond donors (Lipinski definition) is 1. The minimum Gasteiger partial charge on any atom is -0.507 e. The maximum atomic E-state index is 13.2. The highest BCUT2D eigenvalue weighted by molar-refractivity contribution is 7.55. The van der Waals surface area contributed by atoms with E-state index in [0.29, 0.717) is 8.58 Å². The molecule has 5 aromatic rings. The van der Waals surface area contributed by atoms with E-state index in [9.17, 15) is 9.50 Å². The maximum absolute atomic E-state index is 13.2. The zero-order chi connectivity index (χ0) is 21.2. The first kappa shape index (κ1) is 19.5. The lowest BCUT2D eigenvalue weighted by Gasteiger charge is -2.15. The fraction of sp³-hybridized carbons (Fsp3) is 0. The number of phenolic OH excluding ortho intramolecular Hbond substituents is 1. The molecule has 1 nitrogen and oxygen atoms in total. The molecule has 0 aliphatic carbocycles. The Morgan fingerprint density at radius 3 is 2.00 bits per heavy atom. The van der Waals surface area contributed by atoms with E-state index in [1.807, 2.05) is 30.3 Å². The largest absolute Gasteiger partial charge is 0.507 e. The summed E-state index contributed by atoms with van der Waals surface area (Å²) >= 11 is 0. The first-order chi connectivity index (χ1) is 15.2. The van der Waals surface area contributed by atoms with Gasteiger partial charge in [0.25, 0.3) is 0 Å². The molecule has 31 heavy (non-hydrogen) atoms. The van der Waals surface area contributed by atoms with Crippen LogP contribution in [0.15, 0.2) is 109 Å². The zero-order valence-corrected chi connectivity index (χ0v) is 17.7. The minimum atomic E-state index is -0.227. The second-order valence-electron chi connectivity index (χ2n) is 7.44. The zero-order valence-electron chi connectivity index (χ0n) is 16.7. The molecule has 0 spiro atoms. The van der Waals surface area contributed by atoms with E-state index in [1.165, 1.54) is 22.7 Å². The van der Waals surface area contributed by atoms with E-state index < -0.39 is 0 Å². The van der Waals surface area contributed by atoms with Crippen LogP contribution in [0.25, 0.3) is 33.0 Å². The quantitative estimate of drug-likeness (QED) is 0.322. The van der Waals surface area contributed by atoms with Crippen LogP contribution < -0.4 is 10.6 Å². The number of rotatable bonds is 4. The van der Waals surface area contributed by atoms with Gasteiger partial charge in [-0.1, -0.05) is 99.6 Å². The van der Waals surface area contributed by atoms with Gasteiger partial charge < -0.3 is 5.11 Å². The summed E-state index contributed by atoms with van der Waals surface area (Å²) in [6.45, 7) is 0. The van der Waals surface area contributed by atoms with Crippen molar-refractivity contribution in [1.82, 2.24) is 0 Å². The van der Waals surface area contributed by atoms with Crippen molar-refractivity contribution in [3.05, 3.63) is 115 Å². The second kappa shape index (κ2) is 8.34. The summed E-state index contributed by atoms with van der Waals surface area (Å²) in [4.78, 5) is 0. The van der Waals surface area contributed by atoms with Crippen LogP contribution in [0.2, 0.25) is 0 Å². The highest BCUT2D eigenvalue weighted by Gasteiger charge is 2.14. The highest BCUT2D eigenvalue weighted by Crippen LogP contribution is 2.36. The van der Waals surface area contributed by atoms with Gasteiger partial charge in [-0.15, -0.1) is 0 Å². The average Bonchev–Trinajstić information content (AvgIpc) is 2.81. The molecule has 0 saturated heterocycles. The van der Waals surface area contributed by atoms with E-state index in [4.69, 9.17) is 0 Å². The molecule has 1 atom stereocenters. The van der Waals surface area contributed by atoms with Crippen molar-refractivity contribution in [3.63, 3.8) is 0 Å². The normalized spacial score (nSPS) is 11.4. The molecule has 0 heterocycles. The third-order valence-corrected chi connectivity index (χ3v) is 6.75. The van der Waals surface area contributed by atoms with Gasteiger partial charge in [0.1, 0.15) is 11.6 Å². The predicted octanol–water partition coefficient (Wildman–Crippen LogP) is 6.65. The number of benzene rings is 5. The monoisotopic (exact) mass is 422 g/mol. The van der Waals surface area contributed by atoms with Crippen LogP contribution in [0.1, 0.15) is 0 Å². The Kier molecular flexibility index (Phi) is 5.24. The number of phenols is 1. The molecule has 1 N–H and O–H groups in total. The van der Waals surface area contributed by atoms with Gasteiger partial charge in [-0.3, -0.25) is 0 Å². The summed E-state index contributed by atoms with van der Waals surface area (Å²) < 4.78 is 13.2. The van der Waals surface area contributed by atoms with Gasteiger partial charge in [0.2, 0.25) is 0 Å². The molecule has 0 bridgehead atoms. The molecule has 0 amide bonds. The first-order valence-electron chi connectivity index (χ1n) is 10.1. The van der Waals surface area contributed by atoms with Crippen molar-refractivity contribution in [2.45, 2.75) is 0 Å². The minimum absolute atomic E-state index is 0.227. The van der Waals surface area contributed by atoms with Gasteiger partial charge >= 0.3 is 0 Å². The molecule has 0 aliphatic rings.